The molecule has 0 aromatic heterocycles. The first kappa shape index (κ1) is 21.5. The van der Waals surface area contributed by atoms with Crippen LogP contribution in [-0.4, -0.2) is 58.7 Å². The predicted octanol–water partition coefficient (Wildman–Crippen LogP) is 2.65. The number of anilines is 1. The molecule has 0 radical (unpaired) electrons. The van der Waals surface area contributed by atoms with Crippen molar-refractivity contribution in [2.75, 3.05) is 45.0 Å². The number of nitrogens with zero attached hydrogens (tertiary/aromatic N) is 2. The highest BCUT2D eigenvalue weighted by molar-refractivity contribution is 7.89. The van der Waals surface area contributed by atoms with E-state index in [4.69, 9.17) is 9.47 Å². The SMILES string of the molecule is COc1ccc(N(C)C(=O)CCCCS(=O)(=O)N2CCCCC2)cc1OC. The number of methoxy groups -OCH3 is 2. The van der Waals surface area contributed by atoms with E-state index in [0.717, 1.165) is 19.3 Å². The number of hydrogen-bond donors (Lipinski definition) is 0. The minimum absolute atomic E-state index is 0.0578. The van der Waals surface area contributed by atoms with E-state index < -0.39 is 10.0 Å². The number of hydrogen-bond acceptors (Lipinski definition) is 5. The number of sulfonamides is 1. The summed E-state index contributed by atoms with van der Waals surface area (Å²) < 4.78 is 36.7. The lowest BCUT2D eigenvalue weighted by molar-refractivity contribution is -0.118. The van der Waals surface area contributed by atoms with Crippen LogP contribution in [0.5, 0.6) is 11.5 Å². The van der Waals surface area contributed by atoms with Crippen molar-refractivity contribution in [3.8, 4) is 11.5 Å². The Kier molecular flexibility index (Phi) is 7.91. The molecule has 0 atom stereocenters. The predicted molar refractivity (Wildman–Crippen MR) is 106 cm³/mol. The molecule has 1 heterocycles. The first-order valence-corrected chi connectivity index (χ1v) is 11.0. The topological polar surface area (TPSA) is 76.2 Å². The minimum atomic E-state index is -3.19. The van der Waals surface area contributed by atoms with E-state index in [1.54, 1.807) is 48.7 Å². The fourth-order valence-electron chi connectivity index (χ4n) is 3.18. The van der Waals surface area contributed by atoms with Gasteiger partial charge in [0, 0.05) is 38.3 Å². The van der Waals surface area contributed by atoms with Gasteiger partial charge >= 0.3 is 0 Å². The highest BCUT2D eigenvalue weighted by Crippen LogP contribution is 2.31. The number of benzene rings is 1. The fraction of sp³-hybridized carbons (Fsp3) is 0.632. The van der Waals surface area contributed by atoms with Crippen LogP contribution in [0.4, 0.5) is 5.69 Å². The van der Waals surface area contributed by atoms with Gasteiger partial charge in [-0.15, -0.1) is 0 Å². The molecule has 1 amide bonds. The maximum Gasteiger partial charge on any atom is 0.226 e. The van der Waals surface area contributed by atoms with Gasteiger partial charge in [0.2, 0.25) is 15.9 Å². The zero-order chi connectivity index (χ0) is 19.9. The second-order valence-corrected chi connectivity index (χ2v) is 8.81. The van der Waals surface area contributed by atoms with Gasteiger partial charge in [0.1, 0.15) is 0 Å². The van der Waals surface area contributed by atoms with Gasteiger partial charge in [0.05, 0.1) is 20.0 Å². The highest BCUT2D eigenvalue weighted by atomic mass is 32.2. The van der Waals surface area contributed by atoms with Crippen LogP contribution < -0.4 is 14.4 Å². The van der Waals surface area contributed by atoms with Crippen LogP contribution >= 0.6 is 0 Å². The van der Waals surface area contributed by atoms with Crippen LogP contribution in [0.25, 0.3) is 0 Å². The molecular formula is C19H30N2O5S. The molecule has 8 heteroatoms. The smallest absolute Gasteiger partial charge is 0.226 e. The van der Waals surface area contributed by atoms with E-state index in [9.17, 15) is 13.2 Å². The third-order valence-electron chi connectivity index (χ3n) is 4.88. The Morgan fingerprint density at radius 1 is 1.07 bits per heavy atom. The Morgan fingerprint density at radius 2 is 1.74 bits per heavy atom. The summed E-state index contributed by atoms with van der Waals surface area (Å²) >= 11 is 0. The second-order valence-electron chi connectivity index (χ2n) is 6.72. The standard InChI is InChI=1S/C19H30N2O5S/c1-20(16-10-11-17(25-2)18(15-16)26-3)19(22)9-5-8-14-27(23,24)21-12-6-4-7-13-21/h10-11,15H,4-9,12-14H2,1-3H3. The van der Waals surface area contributed by atoms with Gasteiger partial charge in [-0.1, -0.05) is 6.42 Å². The van der Waals surface area contributed by atoms with Crippen LogP contribution in [-0.2, 0) is 14.8 Å². The summed E-state index contributed by atoms with van der Waals surface area (Å²) in [7, 11) is 1.62. The van der Waals surface area contributed by atoms with Crippen molar-refractivity contribution in [3.63, 3.8) is 0 Å². The number of amides is 1. The molecule has 1 aliphatic heterocycles. The molecule has 2 rings (SSSR count). The number of carbonyl (C=O) groups is 1. The van der Waals surface area contributed by atoms with Crippen LogP contribution in [0.2, 0.25) is 0 Å². The second kappa shape index (κ2) is 9.94. The quantitative estimate of drug-likeness (QED) is 0.598. The largest absolute Gasteiger partial charge is 0.493 e. The number of piperidine rings is 1. The molecule has 1 aromatic rings. The molecular weight excluding hydrogens is 368 g/mol. The maximum atomic E-state index is 12.4. The normalized spacial score (nSPS) is 15.4. The molecule has 27 heavy (non-hydrogen) atoms. The summed E-state index contributed by atoms with van der Waals surface area (Å²) in [6.07, 6.45) is 4.32. The van der Waals surface area contributed by atoms with Gasteiger partial charge in [-0.3, -0.25) is 4.79 Å². The molecule has 0 aliphatic carbocycles. The average molecular weight is 399 g/mol. The van der Waals surface area contributed by atoms with Crippen molar-refractivity contribution in [2.45, 2.75) is 38.5 Å². The Balaban J connectivity index is 1.83. The molecule has 1 aromatic carbocycles. The van der Waals surface area contributed by atoms with Gasteiger partial charge < -0.3 is 14.4 Å². The van der Waals surface area contributed by atoms with E-state index in [1.807, 2.05) is 0 Å². The van der Waals surface area contributed by atoms with Crippen LogP contribution in [0, 0.1) is 0 Å². The van der Waals surface area contributed by atoms with Gasteiger partial charge in [-0.25, -0.2) is 12.7 Å². The number of carbonyl (C=O) groups excluding carboxylic acids is 1. The van der Waals surface area contributed by atoms with Gasteiger partial charge in [0.25, 0.3) is 0 Å². The Bertz CT molecular complexity index is 730. The molecule has 1 saturated heterocycles. The first-order valence-electron chi connectivity index (χ1n) is 9.35. The van der Waals surface area contributed by atoms with E-state index in [1.165, 1.54) is 0 Å². The number of unbranched alkanes of at least 4 members (excludes halogenated alkanes) is 1. The molecule has 0 unspecified atom stereocenters. The van der Waals surface area contributed by atoms with E-state index >= 15 is 0 Å². The van der Waals surface area contributed by atoms with E-state index in [-0.39, 0.29) is 11.7 Å². The first-order chi connectivity index (χ1) is 12.9. The van der Waals surface area contributed by atoms with Crippen molar-refractivity contribution < 1.29 is 22.7 Å². The molecule has 0 spiro atoms. The summed E-state index contributed by atoms with van der Waals surface area (Å²) in [5.41, 5.74) is 0.707. The molecule has 7 nitrogen and oxygen atoms in total. The van der Waals surface area contributed by atoms with Crippen molar-refractivity contribution in [1.29, 1.82) is 0 Å². The molecule has 0 bridgehead atoms. The summed E-state index contributed by atoms with van der Waals surface area (Å²) in [4.78, 5) is 14.0. The molecule has 0 saturated carbocycles. The Morgan fingerprint density at radius 3 is 2.37 bits per heavy atom. The zero-order valence-electron chi connectivity index (χ0n) is 16.4. The number of rotatable bonds is 9. The zero-order valence-corrected chi connectivity index (χ0v) is 17.3. The van der Waals surface area contributed by atoms with Crippen molar-refractivity contribution in [1.82, 2.24) is 4.31 Å². The van der Waals surface area contributed by atoms with Gasteiger partial charge in [-0.05, 0) is 37.8 Å². The monoisotopic (exact) mass is 398 g/mol. The third-order valence-corrected chi connectivity index (χ3v) is 6.84. The van der Waals surface area contributed by atoms with E-state index in [0.29, 0.717) is 49.5 Å². The van der Waals surface area contributed by atoms with Crippen LogP contribution in [0.3, 0.4) is 0 Å². The van der Waals surface area contributed by atoms with Crippen molar-refractivity contribution >= 4 is 21.6 Å². The lowest BCUT2D eigenvalue weighted by Gasteiger charge is -2.25. The summed E-state index contributed by atoms with van der Waals surface area (Å²) in [5, 5.41) is 0. The lowest BCUT2D eigenvalue weighted by atomic mass is 10.2. The third kappa shape index (κ3) is 5.84. The van der Waals surface area contributed by atoms with Crippen LogP contribution in [0.1, 0.15) is 38.5 Å². The van der Waals surface area contributed by atoms with Gasteiger partial charge in [-0.2, -0.15) is 0 Å². The van der Waals surface area contributed by atoms with Gasteiger partial charge in [0.15, 0.2) is 11.5 Å². The van der Waals surface area contributed by atoms with Crippen LogP contribution in [0.15, 0.2) is 18.2 Å². The van der Waals surface area contributed by atoms with Crippen molar-refractivity contribution in [3.05, 3.63) is 18.2 Å². The number of ether oxygens (including phenoxy) is 2. The van der Waals surface area contributed by atoms with Crippen molar-refractivity contribution in [2.24, 2.45) is 0 Å². The Labute approximate surface area is 162 Å². The minimum Gasteiger partial charge on any atom is -0.493 e. The summed E-state index contributed by atoms with van der Waals surface area (Å²) in [5.74, 6) is 1.21. The lowest BCUT2D eigenvalue weighted by Crippen LogP contribution is -2.37. The molecule has 0 N–H and O–H groups in total. The molecule has 1 fully saturated rings. The molecule has 1 aliphatic rings. The summed E-state index contributed by atoms with van der Waals surface area (Å²) in [6, 6.07) is 5.29. The fourth-order valence-corrected chi connectivity index (χ4v) is 4.82. The highest BCUT2D eigenvalue weighted by Gasteiger charge is 2.23. The summed E-state index contributed by atoms with van der Waals surface area (Å²) in [6.45, 7) is 1.26. The Hall–Kier alpha value is -1.80. The van der Waals surface area contributed by atoms with E-state index in [2.05, 4.69) is 0 Å². The maximum absolute atomic E-state index is 12.4. The average Bonchev–Trinajstić information content (AvgIpc) is 2.70. The molecule has 152 valence electrons.